The number of hydrogen-bond acceptors (Lipinski definition) is 5. The number of thiophene rings is 1. The Bertz CT molecular complexity index is 595. The van der Waals surface area contributed by atoms with Gasteiger partial charge in [-0.3, -0.25) is 4.79 Å². The van der Waals surface area contributed by atoms with Gasteiger partial charge in [0.15, 0.2) is 0 Å². The Kier molecular flexibility index (Phi) is 3.91. The number of amides is 1. The highest BCUT2D eigenvalue weighted by Crippen LogP contribution is 2.27. The first-order valence-corrected chi connectivity index (χ1v) is 6.53. The Labute approximate surface area is 115 Å². The fraction of sp³-hybridized carbons (Fsp3) is 0.154. The van der Waals surface area contributed by atoms with Gasteiger partial charge < -0.3 is 21.5 Å². The number of nitrogens with two attached hydrogens (primary N) is 2. The van der Waals surface area contributed by atoms with E-state index in [2.05, 4.69) is 5.32 Å². The normalized spacial score (nSPS) is 10.2. The predicted molar refractivity (Wildman–Crippen MR) is 77.6 cm³/mol. The van der Waals surface area contributed by atoms with Gasteiger partial charge in [0, 0.05) is 16.1 Å². The number of rotatable bonds is 5. The molecule has 1 amide bonds. The molecule has 0 atom stereocenters. The topological polar surface area (TPSA) is 90.4 Å². The van der Waals surface area contributed by atoms with Crippen LogP contribution in [-0.2, 0) is 6.54 Å². The Balaban J connectivity index is 2.20. The van der Waals surface area contributed by atoms with Gasteiger partial charge in [0.25, 0.3) is 0 Å². The van der Waals surface area contributed by atoms with Gasteiger partial charge in [0.2, 0.25) is 5.91 Å². The number of anilines is 2. The standard InChI is InChI=1S/C13H15N3O2S/c1-18-11-3-2-8(13(15)17)6-10(11)16-7-12-9(14)4-5-19-12/h2-6,16H,7,14H2,1H3,(H2,15,17). The molecule has 0 saturated carbocycles. The number of primary amides is 1. The summed E-state index contributed by atoms with van der Waals surface area (Å²) < 4.78 is 5.24. The van der Waals surface area contributed by atoms with Crippen molar-refractivity contribution in [1.29, 1.82) is 0 Å². The number of ether oxygens (including phenoxy) is 1. The Morgan fingerprint density at radius 3 is 2.79 bits per heavy atom. The van der Waals surface area contributed by atoms with Gasteiger partial charge in [0.1, 0.15) is 5.75 Å². The minimum Gasteiger partial charge on any atom is -0.495 e. The zero-order valence-corrected chi connectivity index (χ0v) is 11.3. The summed E-state index contributed by atoms with van der Waals surface area (Å²) >= 11 is 1.57. The number of carbonyl (C=O) groups is 1. The van der Waals surface area contributed by atoms with Crippen LogP contribution >= 0.6 is 11.3 Å². The summed E-state index contributed by atoms with van der Waals surface area (Å²) in [5, 5.41) is 5.13. The summed E-state index contributed by atoms with van der Waals surface area (Å²) in [4.78, 5) is 12.2. The lowest BCUT2D eigenvalue weighted by Crippen LogP contribution is -2.11. The second-order valence-corrected chi connectivity index (χ2v) is 4.93. The molecular formula is C13H15N3O2S. The number of hydrogen-bond donors (Lipinski definition) is 3. The molecule has 1 aromatic carbocycles. The number of nitrogens with one attached hydrogen (secondary N) is 1. The first-order valence-electron chi connectivity index (χ1n) is 5.65. The molecular weight excluding hydrogens is 262 g/mol. The summed E-state index contributed by atoms with van der Waals surface area (Å²) in [6.07, 6.45) is 0. The van der Waals surface area contributed by atoms with E-state index in [1.165, 1.54) is 0 Å². The van der Waals surface area contributed by atoms with Gasteiger partial charge in [0.05, 0.1) is 19.3 Å². The minimum absolute atomic E-state index is 0.433. The summed E-state index contributed by atoms with van der Waals surface area (Å²) in [7, 11) is 1.57. The van der Waals surface area contributed by atoms with Gasteiger partial charge in [-0.05, 0) is 29.6 Å². The van der Waals surface area contributed by atoms with Crippen molar-refractivity contribution in [1.82, 2.24) is 0 Å². The molecule has 5 nitrogen and oxygen atoms in total. The second-order valence-electron chi connectivity index (χ2n) is 3.93. The lowest BCUT2D eigenvalue weighted by atomic mass is 10.1. The molecule has 0 unspecified atom stereocenters. The number of carbonyl (C=O) groups excluding carboxylic acids is 1. The number of nitrogen functional groups attached to an aromatic ring is 1. The summed E-state index contributed by atoms with van der Waals surface area (Å²) in [6.45, 7) is 0.572. The van der Waals surface area contributed by atoms with Crippen LogP contribution in [0.1, 0.15) is 15.2 Å². The van der Waals surface area contributed by atoms with Gasteiger partial charge in [-0.2, -0.15) is 0 Å². The molecule has 0 aliphatic carbocycles. The molecule has 0 saturated heterocycles. The van der Waals surface area contributed by atoms with Crippen molar-refractivity contribution in [3.05, 3.63) is 40.1 Å². The smallest absolute Gasteiger partial charge is 0.248 e. The molecule has 1 aromatic heterocycles. The average molecular weight is 277 g/mol. The molecule has 0 aliphatic heterocycles. The summed E-state index contributed by atoms with van der Waals surface area (Å²) in [6, 6.07) is 6.87. The van der Waals surface area contributed by atoms with E-state index >= 15 is 0 Å². The van der Waals surface area contributed by atoms with Crippen molar-refractivity contribution >= 4 is 28.6 Å². The maximum Gasteiger partial charge on any atom is 0.248 e. The van der Waals surface area contributed by atoms with E-state index in [0.29, 0.717) is 23.5 Å². The minimum atomic E-state index is -0.471. The molecule has 6 heteroatoms. The summed E-state index contributed by atoms with van der Waals surface area (Å²) in [5.41, 5.74) is 13.0. The van der Waals surface area contributed by atoms with Crippen molar-refractivity contribution in [3.63, 3.8) is 0 Å². The predicted octanol–water partition coefficient (Wildman–Crippen LogP) is 2.05. The van der Waals surface area contributed by atoms with Crippen LogP contribution in [-0.4, -0.2) is 13.0 Å². The monoisotopic (exact) mass is 277 g/mol. The summed E-state index contributed by atoms with van der Waals surface area (Å²) in [5.74, 6) is 0.182. The van der Waals surface area contributed by atoms with Crippen LogP contribution in [0.5, 0.6) is 5.75 Å². The molecule has 2 rings (SSSR count). The second kappa shape index (κ2) is 5.62. The van der Waals surface area contributed by atoms with Crippen LogP contribution in [0.25, 0.3) is 0 Å². The van der Waals surface area contributed by atoms with E-state index < -0.39 is 5.91 Å². The van der Waals surface area contributed by atoms with E-state index in [4.69, 9.17) is 16.2 Å². The van der Waals surface area contributed by atoms with Crippen molar-refractivity contribution in [2.24, 2.45) is 5.73 Å². The fourth-order valence-corrected chi connectivity index (χ4v) is 2.41. The first-order chi connectivity index (χ1) is 9.11. The van der Waals surface area contributed by atoms with E-state index in [1.807, 2.05) is 11.4 Å². The Morgan fingerprint density at radius 2 is 2.21 bits per heavy atom. The van der Waals surface area contributed by atoms with Gasteiger partial charge >= 0.3 is 0 Å². The Hall–Kier alpha value is -2.21. The first kappa shape index (κ1) is 13.2. The maximum absolute atomic E-state index is 11.2. The van der Waals surface area contributed by atoms with Crippen molar-refractivity contribution in [3.8, 4) is 5.75 Å². The van der Waals surface area contributed by atoms with Crippen molar-refractivity contribution in [2.45, 2.75) is 6.54 Å². The fourth-order valence-electron chi connectivity index (χ4n) is 1.67. The van der Waals surface area contributed by atoms with Crippen LogP contribution in [0.3, 0.4) is 0 Å². The highest BCUT2D eigenvalue weighted by Gasteiger charge is 2.08. The molecule has 0 fully saturated rings. The zero-order valence-electron chi connectivity index (χ0n) is 10.5. The number of benzene rings is 1. The van der Waals surface area contributed by atoms with Crippen LogP contribution in [0, 0.1) is 0 Å². The van der Waals surface area contributed by atoms with E-state index in [1.54, 1.807) is 36.6 Å². The molecule has 0 spiro atoms. The highest BCUT2D eigenvalue weighted by molar-refractivity contribution is 7.10. The van der Waals surface area contributed by atoms with E-state index in [-0.39, 0.29) is 0 Å². The molecule has 19 heavy (non-hydrogen) atoms. The van der Waals surface area contributed by atoms with E-state index in [9.17, 15) is 4.79 Å². The van der Waals surface area contributed by atoms with Gasteiger partial charge in [-0.1, -0.05) is 0 Å². The van der Waals surface area contributed by atoms with Crippen LogP contribution in [0.15, 0.2) is 29.6 Å². The van der Waals surface area contributed by atoms with Crippen LogP contribution < -0.4 is 21.5 Å². The largest absolute Gasteiger partial charge is 0.495 e. The Morgan fingerprint density at radius 1 is 1.42 bits per heavy atom. The van der Waals surface area contributed by atoms with Crippen LogP contribution in [0.2, 0.25) is 0 Å². The lowest BCUT2D eigenvalue weighted by molar-refractivity contribution is 0.100. The zero-order chi connectivity index (χ0) is 13.8. The number of methoxy groups -OCH3 is 1. The third-order valence-corrected chi connectivity index (χ3v) is 3.64. The molecule has 0 aliphatic rings. The highest BCUT2D eigenvalue weighted by atomic mass is 32.1. The molecule has 2 aromatic rings. The van der Waals surface area contributed by atoms with Gasteiger partial charge in [-0.15, -0.1) is 11.3 Å². The SMILES string of the molecule is COc1ccc(C(N)=O)cc1NCc1sccc1N. The van der Waals surface area contributed by atoms with Crippen LogP contribution in [0.4, 0.5) is 11.4 Å². The van der Waals surface area contributed by atoms with Crippen molar-refractivity contribution < 1.29 is 9.53 Å². The van der Waals surface area contributed by atoms with Crippen molar-refractivity contribution in [2.75, 3.05) is 18.2 Å². The van der Waals surface area contributed by atoms with Gasteiger partial charge in [-0.25, -0.2) is 0 Å². The lowest BCUT2D eigenvalue weighted by Gasteiger charge is -2.11. The average Bonchev–Trinajstić information content (AvgIpc) is 2.81. The molecule has 0 radical (unpaired) electrons. The quantitative estimate of drug-likeness (QED) is 0.780. The molecule has 100 valence electrons. The maximum atomic E-state index is 11.2. The third kappa shape index (κ3) is 2.97. The molecule has 5 N–H and O–H groups in total. The van der Waals surface area contributed by atoms with E-state index in [0.717, 1.165) is 10.6 Å². The molecule has 0 bridgehead atoms. The molecule has 1 heterocycles. The third-order valence-electron chi connectivity index (χ3n) is 2.70.